The summed E-state index contributed by atoms with van der Waals surface area (Å²) in [6.45, 7) is 2.04. The summed E-state index contributed by atoms with van der Waals surface area (Å²) in [6.07, 6.45) is -0.985. The SMILES string of the molecule is COCC(C)OCC(O)COc1ccc(CO)cc1F. The van der Waals surface area contributed by atoms with Crippen LogP contribution in [0.3, 0.4) is 0 Å². The highest BCUT2D eigenvalue weighted by molar-refractivity contribution is 5.28. The van der Waals surface area contributed by atoms with Gasteiger partial charge in [-0.1, -0.05) is 6.07 Å². The summed E-state index contributed by atoms with van der Waals surface area (Å²) in [5.74, 6) is -0.538. The lowest BCUT2D eigenvalue weighted by molar-refractivity contribution is -0.0425. The van der Waals surface area contributed by atoms with Crippen LogP contribution in [0.15, 0.2) is 18.2 Å². The van der Waals surface area contributed by atoms with Crippen LogP contribution in [0, 0.1) is 5.82 Å². The molecule has 0 saturated heterocycles. The highest BCUT2D eigenvalue weighted by Crippen LogP contribution is 2.18. The fraction of sp³-hybridized carbons (Fsp3) is 0.571. The number of rotatable bonds is 9. The molecule has 0 radical (unpaired) electrons. The van der Waals surface area contributed by atoms with E-state index in [1.54, 1.807) is 13.2 Å². The Morgan fingerprint density at radius 1 is 1.25 bits per heavy atom. The minimum atomic E-state index is -0.855. The number of methoxy groups -OCH3 is 1. The van der Waals surface area contributed by atoms with Gasteiger partial charge in [0.15, 0.2) is 11.6 Å². The van der Waals surface area contributed by atoms with Crippen molar-refractivity contribution in [3.63, 3.8) is 0 Å². The first-order chi connectivity index (χ1) is 9.56. The molecular weight excluding hydrogens is 267 g/mol. The minimum absolute atomic E-state index is 0.0335. The summed E-state index contributed by atoms with van der Waals surface area (Å²) in [5.41, 5.74) is 0.465. The molecule has 0 spiro atoms. The molecular formula is C14H21FO5. The maximum atomic E-state index is 13.5. The zero-order valence-electron chi connectivity index (χ0n) is 11.7. The molecule has 20 heavy (non-hydrogen) atoms. The smallest absolute Gasteiger partial charge is 0.165 e. The van der Waals surface area contributed by atoms with E-state index in [9.17, 15) is 9.50 Å². The van der Waals surface area contributed by atoms with Crippen molar-refractivity contribution in [3.05, 3.63) is 29.6 Å². The zero-order chi connectivity index (χ0) is 15.0. The third kappa shape index (κ3) is 5.83. The van der Waals surface area contributed by atoms with Gasteiger partial charge < -0.3 is 24.4 Å². The Hall–Kier alpha value is -1.21. The van der Waals surface area contributed by atoms with Crippen molar-refractivity contribution in [2.24, 2.45) is 0 Å². The van der Waals surface area contributed by atoms with Gasteiger partial charge in [0, 0.05) is 7.11 Å². The van der Waals surface area contributed by atoms with E-state index in [1.807, 2.05) is 6.92 Å². The second kappa shape index (κ2) is 8.86. The van der Waals surface area contributed by atoms with Crippen molar-refractivity contribution in [3.8, 4) is 5.75 Å². The molecule has 1 aromatic rings. The molecule has 2 unspecified atom stereocenters. The standard InChI is InChI=1S/C14H21FO5/c1-10(7-18-2)19-8-12(17)9-20-14-4-3-11(6-16)5-13(14)15/h3-5,10,12,16-17H,6-9H2,1-2H3. The first kappa shape index (κ1) is 16.8. The lowest BCUT2D eigenvalue weighted by Crippen LogP contribution is -2.27. The molecule has 0 aliphatic heterocycles. The van der Waals surface area contributed by atoms with Crippen LogP contribution in [0.4, 0.5) is 4.39 Å². The van der Waals surface area contributed by atoms with E-state index in [1.165, 1.54) is 12.1 Å². The van der Waals surface area contributed by atoms with E-state index in [0.717, 1.165) is 0 Å². The molecule has 2 atom stereocenters. The summed E-state index contributed by atoms with van der Waals surface area (Å²) in [5, 5.41) is 18.5. The van der Waals surface area contributed by atoms with Gasteiger partial charge in [-0.15, -0.1) is 0 Å². The average Bonchev–Trinajstić information content (AvgIpc) is 2.44. The van der Waals surface area contributed by atoms with Crippen molar-refractivity contribution in [1.29, 1.82) is 0 Å². The topological polar surface area (TPSA) is 68.2 Å². The molecule has 1 aromatic carbocycles. The Labute approximate surface area is 117 Å². The second-order valence-electron chi connectivity index (χ2n) is 4.49. The molecule has 6 heteroatoms. The number of aliphatic hydroxyl groups excluding tert-OH is 2. The Morgan fingerprint density at radius 2 is 2.00 bits per heavy atom. The van der Waals surface area contributed by atoms with Gasteiger partial charge in [-0.25, -0.2) is 4.39 Å². The molecule has 0 heterocycles. The third-order valence-electron chi connectivity index (χ3n) is 2.58. The lowest BCUT2D eigenvalue weighted by Gasteiger charge is -2.16. The van der Waals surface area contributed by atoms with Crippen LogP contribution in [0.5, 0.6) is 5.75 Å². The quantitative estimate of drug-likeness (QED) is 0.712. The van der Waals surface area contributed by atoms with E-state index in [4.69, 9.17) is 19.3 Å². The largest absolute Gasteiger partial charge is 0.488 e. The van der Waals surface area contributed by atoms with Crippen molar-refractivity contribution in [1.82, 2.24) is 0 Å². The fourth-order valence-corrected chi connectivity index (χ4v) is 1.55. The van der Waals surface area contributed by atoms with Gasteiger partial charge >= 0.3 is 0 Å². The van der Waals surface area contributed by atoms with Crippen molar-refractivity contribution in [2.75, 3.05) is 26.9 Å². The normalized spacial score (nSPS) is 14.1. The third-order valence-corrected chi connectivity index (χ3v) is 2.58. The van der Waals surface area contributed by atoms with Gasteiger partial charge in [-0.05, 0) is 24.6 Å². The van der Waals surface area contributed by atoms with Crippen LogP contribution in [-0.2, 0) is 16.1 Å². The number of halogens is 1. The van der Waals surface area contributed by atoms with Gasteiger partial charge in [-0.3, -0.25) is 0 Å². The van der Waals surface area contributed by atoms with Crippen LogP contribution in [0.2, 0.25) is 0 Å². The molecule has 0 amide bonds. The molecule has 5 nitrogen and oxygen atoms in total. The Kier molecular flexibility index (Phi) is 7.46. The molecule has 1 rings (SSSR count). The van der Waals surface area contributed by atoms with E-state index < -0.39 is 11.9 Å². The van der Waals surface area contributed by atoms with Crippen LogP contribution >= 0.6 is 0 Å². The fourth-order valence-electron chi connectivity index (χ4n) is 1.55. The predicted octanol–water partition coefficient (Wildman–Crippen LogP) is 1.11. The van der Waals surface area contributed by atoms with Gasteiger partial charge in [0.2, 0.25) is 0 Å². The van der Waals surface area contributed by atoms with Gasteiger partial charge in [-0.2, -0.15) is 0 Å². The predicted molar refractivity (Wildman–Crippen MR) is 71.1 cm³/mol. The van der Waals surface area contributed by atoms with Crippen molar-refractivity contribution >= 4 is 0 Å². The Morgan fingerprint density at radius 3 is 2.60 bits per heavy atom. The van der Waals surface area contributed by atoms with E-state index >= 15 is 0 Å². The number of benzene rings is 1. The molecule has 0 bridgehead atoms. The molecule has 0 aromatic heterocycles. The van der Waals surface area contributed by atoms with Crippen molar-refractivity contribution in [2.45, 2.75) is 25.7 Å². The monoisotopic (exact) mass is 288 g/mol. The van der Waals surface area contributed by atoms with Crippen LogP contribution in [-0.4, -0.2) is 49.4 Å². The summed E-state index contributed by atoms with van der Waals surface area (Å²) >= 11 is 0. The molecule has 114 valence electrons. The molecule has 0 saturated carbocycles. The molecule has 0 aliphatic rings. The van der Waals surface area contributed by atoms with Gasteiger partial charge in [0.25, 0.3) is 0 Å². The van der Waals surface area contributed by atoms with Gasteiger partial charge in [0.1, 0.15) is 12.7 Å². The zero-order valence-corrected chi connectivity index (χ0v) is 11.7. The Bertz CT molecular complexity index is 399. The first-order valence-corrected chi connectivity index (χ1v) is 6.37. The molecule has 0 aliphatic carbocycles. The van der Waals surface area contributed by atoms with Crippen LogP contribution in [0.25, 0.3) is 0 Å². The average molecular weight is 288 g/mol. The minimum Gasteiger partial charge on any atom is -0.488 e. The van der Waals surface area contributed by atoms with Crippen molar-refractivity contribution < 1.29 is 28.8 Å². The van der Waals surface area contributed by atoms with Gasteiger partial charge in [0.05, 0.1) is 25.9 Å². The summed E-state index contributed by atoms with van der Waals surface area (Å²) < 4.78 is 28.9. The molecule has 0 fully saturated rings. The highest BCUT2D eigenvalue weighted by Gasteiger charge is 2.11. The van der Waals surface area contributed by atoms with E-state index in [2.05, 4.69) is 0 Å². The number of aliphatic hydroxyl groups is 2. The maximum Gasteiger partial charge on any atom is 0.165 e. The molecule has 2 N–H and O–H groups in total. The Balaban J connectivity index is 2.35. The summed E-state index contributed by atoms with van der Waals surface area (Å²) in [4.78, 5) is 0. The summed E-state index contributed by atoms with van der Waals surface area (Å²) in [6, 6.07) is 4.17. The van der Waals surface area contributed by atoms with Crippen LogP contribution < -0.4 is 4.74 Å². The van der Waals surface area contributed by atoms with E-state index in [-0.39, 0.29) is 31.7 Å². The number of hydrogen-bond donors (Lipinski definition) is 2. The highest BCUT2D eigenvalue weighted by atomic mass is 19.1. The number of hydrogen-bond acceptors (Lipinski definition) is 5. The van der Waals surface area contributed by atoms with E-state index in [0.29, 0.717) is 12.2 Å². The first-order valence-electron chi connectivity index (χ1n) is 6.37. The second-order valence-corrected chi connectivity index (χ2v) is 4.49. The van der Waals surface area contributed by atoms with Crippen LogP contribution in [0.1, 0.15) is 12.5 Å². The lowest BCUT2D eigenvalue weighted by atomic mass is 10.2. The summed E-state index contributed by atoms with van der Waals surface area (Å²) in [7, 11) is 1.57. The number of ether oxygens (including phenoxy) is 3. The maximum absolute atomic E-state index is 13.5.